The zero-order chi connectivity index (χ0) is 23.6. The Bertz CT molecular complexity index is 1200. The number of alkyl halides is 3. The van der Waals surface area contributed by atoms with Crippen molar-refractivity contribution < 1.29 is 27.4 Å². The molecule has 0 aromatic heterocycles. The average Bonchev–Trinajstić information content (AvgIpc) is 3.21. The zero-order valence-corrected chi connectivity index (χ0v) is 18.2. The molecule has 33 heavy (non-hydrogen) atoms. The van der Waals surface area contributed by atoms with E-state index in [1.165, 1.54) is 6.08 Å². The van der Waals surface area contributed by atoms with Crippen molar-refractivity contribution in [2.45, 2.75) is 6.18 Å². The number of fused-ring (bicyclic) bond motifs is 1. The maximum absolute atomic E-state index is 12.9. The molecule has 2 heterocycles. The van der Waals surface area contributed by atoms with E-state index in [1.54, 1.807) is 42.5 Å². The van der Waals surface area contributed by atoms with Gasteiger partial charge in [-0.15, -0.1) is 0 Å². The van der Waals surface area contributed by atoms with Gasteiger partial charge in [0, 0.05) is 0 Å². The van der Waals surface area contributed by atoms with Gasteiger partial charge in [0.2, 0.25) is 10.2 Å². The number of hydrogen-bond acceptors (Lipinski definition) is 6. The molecule has 4 rings (SSSR count). The molecule has 0 aliphatic carbocycles. The third-order valence-corrected chi connectivity index (χ3v) is 5.60. The standard InChI is InChI=1S/C21H14ClF3N4O3S/c22-15-3-1-2-4-16(15)32-10-9-31-13-7-5-12(6-8-13)11-14-17(26)29-20(27-18(14)30)33-19(28-29)21(23,24)25/h1-8,11,26H,9-10H2/b14-11-,26-17?. The van der Waals surface area contributed by atoms with Gasteiger partial charge in [0.1, 0.15) is 24.7 Å². The summed E-state index contributed by atoms with van der Waals surface area (Å²) in [4.78, 5) is 15.9. The molecule has 2 aliphatic heterocycles. The van der Waals surface area contributed by atoms with Crippen LogP contribution in [0.25, 0.3) is 6.08 Å². The second-order valence-corrected chi connectivity index (χ2v) is 7.98. The van der Waals surface area contributed by atoms with Crippen molar-refractivity contribution >= 4 is 51.4 Å². The molecule has 0 saturated carbocycles. The summed E-state index contributed by atoms with van der Waals surface area (Å²) in [5, 5.41) is 11.2. The van der Waals surface area contributed by atoms with Gasteiger partial charge in [-0.2, -0.15) is 28.3 Å². The monoisotopic (exact) mass is 494 g/mol. The lowest BCUT2D eigenvalue weighted by Gasteiger charge is -2.20. The number of amidine groups is 2. The minimum absolute atomic E-state index is 0.173. The second-order valence-electron chi connectivity index (χ2n) is 6.62. The lowest BCUT2D eigenvalue weighted by Crippen LogP contribution is -2.35. The van der Waals surface area contributed by atoms with Gasteiger partial charge in [0.05, 0.1) is 10.6 Å². The SMILES string of the molecule is N=C1/C(=C/c2ccc(OCCOc3ccccc3Cl)cc2)C(=O)N=C2SC(C(F)(F)F)=NN12. The van der Waals surface area contributed by atoms with E-state index in [2.05, 4.69) is 10.1 Å². The molecule has 1 N–H and O–H groups in total. The number of aliphatic imine (C=N–C) groups is 1. The van der Waals surface area contributed by atoms with E-state index < -0.39 is 23.0 Å². The van der Waals surface area contributed by atoms with Crippen molar-refractivity contribution in [1.29, 1.82) is 5.41 Å². The van der Waals surface area contributed by atoms with Crippen LogP contribution in [0.5, 0.6) is 11.5 Å². The largest absolute Gasteiger partial charge is 0.490 e. The first-order valence-electron chi connectivity index (χ1n) is 9.40. The molecule has 0 spiro atoms. The summed E-state index contributed by atoms with van der Waals surface area (Å²) in [6.07, 6.45) is -3.33. The molecular formula is C21H14ClF3N4O3S. The Morgan fingerprint density at radius 2 is 1.79 bits per heavy atom. The highest BCUT2D eigenvalue weighted by atomic mass is 35.5. The molecule has 12 heteroatoms. The summed E-state index contributed by atoms with van der Waals surface area (Å²) >= 11 is 6.22. The topological polar surface area (TPSA) is 87.3 Å². The van der Waals surface area contributed by atoms with Gasteiger partial charge in [-0.25, -0.2) is 0 Å². The lowest BCUT2D eigenvalue weighted by molar-refractivity contribution is -0.114. The van der Waals surface area contributed by atoms with Crippen LogP contribution in [0.1, 0.15) is 5.56 Å². The number of carbonyl (C=O) groups excluding carboxylic acids is 1. The number of rotatable bonds is 6. The number of amides is 1. The highest BCUT2D eigenvalue weighted by molar-refractivity contribution is 8.27. The zero-order valence-electron chi connectivity index (χ0n) is 16.6. The summed E-state index contributed by atoms with van der Waals surface area (Å²) in [7, 11) is 0. The van der Waals surface area contributed by atoms with Gasteiger partial charge in [0.15, 0.2) is 5.84 Å². The minimum atomic E-state index is -4.69. The quantitative estimate of drug-likeness (QED) is 0.452. The van der Waals surface area contributed by atoms with Gasteiger partial charge in [-0.05, 0) is 47.7 Å². The highest BCUT2D eigenvalue weighted by Crippen LogP contribution is 2.35. The number of hydrazone groups is 1. The fourth-order valence-corrected chi connectivity index (χ4v) is 3.76. The van der Waals surface area contributed by atoms with Crippen LogP contribution in [0.15, 0.2) is 64.2 Å². The predicted molar refractivity (Wildman–Crippen MR) is 120 cm³/mol. The second kappa shape index (κ2) is 9.28. The number of ether oxygens (including phenoxy) is 2. The van der Waals surface area contributed by atoms with Crippen molar-refractivity contribution in [1.82, 2.24) is 5.01 Å². The van der Waals surface area contributed by atoms with E-state index >= 15 is 0 Å². The van der Waals surface area contributed by atoms with Crippen molar-refractivity contribution in [2.75, 3.05) is 13.2 Å². The van der Waals surface area contributed by atoms with Crippen LogP contribution in [-0.2, 0) is 4.79 Å². The number of thioether (sulfide) groups is 1. The molecule has 2 aliphatic rings. The van der Waals surface area contributed by atoms with E-state index in [0.717, 1.165) is 0 Å². The van der Waals surface area contributed by atoms with E-state index in [0.29, 0.717) is 27.1 Å². The molecule has 0 bridgehead atoms. The van der Waals surface area contributed by atoms with Crippen LogP contribution >= 0.6 is 23.4 Å². The predicted octanol–water partition coefficient (Wildman–Crippen LogP) is 4.98. The molecule has 0 atom stereocenters. The maximum atomic E-state index is 12.9. The van der Waals surface area contributed by atoms with E-state index in [1.807, 2.05) is 6.07 Å². The normalized spacial score (nSPS) is 17.1. The van der Waals surface area contributed by atoms with Gasteiger partial charge < -0.3 is 9.47 Å². The maximum Gasteiger partial charge on any atom is 0.441 e. The van der Waals surface area contributed by atoms with Crippen LogP contribution in [0, 0.1) is 5.41 Å². The number of hydrogen-bond donors (Lipinski definition) is 1. The fraction of sp³-hybridized carbons (Fsp3) is 0.143. The summed E-state index contributed by atoms with van der Waals surface area (Å²) in [6.45, 7) is 0.536. The number of carbonyl (C=O) groups is 1. The molecule has 7 nitrogen and oxygen atoms in total. The molecular weight excluding hydrogens is 481 g/mol. The van der Waals surface area contributed by atoms with Crippen LogP contribution < -0.4 is 9.47 Å². The van der Waals surface area contributed by atoms with Crippen molar-refractivity contribution in [3.63, 3.8) is 0 Å². The fourth-order valence-electron chi connectivity index (χ4n) is 2.81. The molecule has 2 aromatic rings. The Hall–Kier alpha value is -3.31. The number of halogens is 4. The average molecular weight is 495 g/mol. The van der Waals surface area contributed by atoms with E-state index in [-0.39, 0.29) is 35.7 Å². The van der Waals surface area contributed by atoms with E-state index in [9.17, 15) is 18.0 Å². The third kappa shape index (κ3) is 5.20. The Morgan fingerprint density at radius 1 is 1.09 bits per heavy atom. The van der Waals surface area contributed by atoms with Gasteiger partial charge in [0.25, 0.3) is 5.91 Å². The Morgan fingerprint density at radius 3 is 2.48 bits per heavy atom. The van der Waals surface area contributed by atoms with Crippen LogP contribution in [-0.4, -0.2) is 46.4 Å². The summed E-state index contributed by atoms with van der Waals surface area (Å²) in [5.74, 6) is -0.193. The van der Waals surface area contributed by atoms with Crippen molar-refractivity contribution in [3.05, 3.63) is 64.7 Å². The first-order chi connectivity index (χ1) is 15.7. The van der Waals surface area contributed by atoms with Crippen molar-refractivity contribution in [2.24, 2.45) is 10.1 Å². The van der Waals surface area contributed by atoms with Gasteiger partial charge >= 0.3 is 6.18 Å². The van der Waals surface area contributed by atoms with Crippen LogP contribution in [0.3, 0.4) is 0 Å². The Balaban J connectivity index is 1.38. The van der Waals surface area contributed by atoms with Gasteiger partial charge in [-0.3, -0.25) is 10.2 Å². The third-order valence-electron chi connectivity index (χ3n) is 4.33. The number of benzene rings is 2. The minimum Gasteiger partial charge on any atom is -0.490 e. The molecule has 1 amide bonds. The lowest BCUT2D eigenvalue weighted by atomic mass is 10.1. The Kier molecular flexibility index (Phi) is 6.43. The molecule has 0 unspecified atom stereocenters. The van der Waals surface area contributed by atoms with Crippen LogP contribution in [0.4, 0.5) is 13.2 Å². The van der Waals surface area contributed by atoms with Crippen LogP contribution in [0.2, 0.25) is 5.02 Å². The first-order valence-corrected chi connectivity index (χ1v) is 10.6. The van der Waals surface area contributed by atoms with Gasteiger partial charge in [-0.1, -0.05) is 35.9 Å². The Labute approximate surface area is 195 Å². The molecule has 170 valence electrons. The summed E-state index contributed by atoms with van der Waals surface area (Å²) in [5.41, 5.74) is 0.363. The number of nitrogens with zero attached hydrogens (tertiary/aromatic N) is 3. The summed E-state index contributed by atoms with van der Waals surface area (Å²) in [6, 6.07) is 13.7. The molecule has 0 fully saturated rings. The molecule has 0 saturated heterocycles. The number of nitrogens with one attached hydrogen (secondary N) is 1. The summed E-state index contributed by atoms with van der Waals surface area (Å²) < 4.78 is 49.8. The first kappa shape index (κ1) is 22.9. The smallest absolute Gasteiger partial charge is 0.441 e. The molecule has 0 radical (unpaired) electrons. The molecule has 2 aromatic carbocycles. The van der Waals surface area contributed by atoms with Crippen molar-refractivity contribution in [3.8, 4) is 11.5 Å². The van der Waals surface area contributed by atoms with E-state index in [4.69, 9.17) is 26.5 Å². The highest BCUT2D eigenvalue weighted by Gasteiger charge is 2.46. The number of para-hydroxylation sites is 1.